The van der Waals surface area contributed by atoms with Gasteiger partial charge in [-0.15, -0.1) is 0 Å². The van der Waals surface area contributed by atoms with Gasteiger partial charge in [0.2, 0.25) is 0 Å². The van der Waals surface area contributed by atoms with E-state index in [1.807, 2.05) is 0 Å². The lowest BCUT2D eigenvalue weighted by atomic mass is 10.3. The van der Waals surface area contributed by atoms with E-state index in [1.165, 1.54) is 12.1 Å². The Morgan fingerprint density at radius 1 is 0.944 bits per heavy atom. The van der Waals surface area contributed by atoms with E-state index in [0.717, 1.165) is 0 Å². The van der Waals surface area contributed by atoms with Crippen molar-refractivity contribution in [3.05, 3.63) is 46.4 Å². The van der Waals surface area contributed by atoms with E-state index >= 15 is 0 Å². The third-order valence-electron chi connectivity index (χ3n) is 2.28. The fraction of sp³-hybridized carbons (Fsp3) is 0.0769. The molecule has 0 aliphatic carbocycles. The van der Waals surface area contributed by atoms with Gasteiger partial charge in [-0.2, -0.15) is 0 Å². The van der Waals surface area contributed by atoms with Crippen LogP contribution in [-0.2, 0) is 0 Å². The van der Waals surface area contributed by atoms with Gasteiger partial charge in [0.15, 0.2) is 0 Å². The van der Waals surface area contributed by atoms with Crippen molar-refractivity contribution >= 4 is 23.2 Å². The molecular weight excluding hydrogens is 275 g/mol. The van der Waals surface area contributed by atoms with Gasteiger partial charge in [0.05, 0.1) is 17.2 Å². The molecule has 94 valence electrons. The number of rotatable bonds is 3. The van der Waals surface area contributed by atoms with Crippen LogP contribution in [0.3, 0.4) is 0 Å². The molecular formula is C13H10Cl2O3. The van der Waals surface area contributed by atoms with Gasteiger partial charge in [-0.05, 0) is 24.3 Å². The van der Waals surface area contributed by atoms with E-state index in [1.54, 1.807) is 31.4 Å². The zero-order valence-corrected chi connectivity index (χ0v) is 11.0. The summed E-state index contributed by atoms with van der Waals surface area (Å²) < 4.78 is 10.6. The van der Waals surface area contributed by atoms with Crippen molar-refractivity contribution in [2.24, 2.45) is 0 Å². The summed E-state index contributed by atoms with van der Waals surface area (Å²) in [5.74, 6) is 1.66. The number of methoxy groups -OCH3 is 1. The molecule has 2 aromatic rings. The normalized spacial score (nSPS) is 10.2. The summed E-state index contributed by atoms with van der Waals surface area (Å²) >= 11 is 11.8. The molecule has 0 unspecified atom stereocenters. The average molecular weight is 285 g/mol. The Morgan fingerprint density at radius 2 is 1.56 bits per heavy atom. The molecule has 0 bridgehead atoms. The zero-order valence-electron chi connectivity index (χ0n) is 9.48. The lowest BCUT2D eigenvalue weighted by molar-refractivity contribution is 0.413. The Bertz CT molecular complexity index is 570. The van der Waals surface area contributed by atoms with Gasteiger partial charge in [0, 0.05) is 12.1 Å². The van der Waals surface area contributed by atoms with E-state index in [4.69, 9.17) is 32.7 Å². The first-order chi connectivity index (χ1) is 8.60. The smallest absolute Gasteiger partial charge is 0.137 e. The summed E-state index contributed by atoms with van der Waals surface area (Å²) in [4.78, 5) is 0. The van der Waals surface area contributed by atoms with Crippen molar-refractivity contribution in [1.82, 2.24) is 0 Å². The Labute approximate surface area is 114 Å². The third-order valence-corrected chi connectivity index (χ3v) is 2.88. The Kier molecular flexibility index (Phi) is 3.84. The predicted octanol–water partition coefficient (Wildman–Crippen LogP) is 4.50. The van der Waals surface area contributed by atoms with E-state index in [-0.39, 0.29) is 10.8 Å². The van der Waals surface area contributed by atoms with Crippen molar-refractivity contribution in [2.45, 2.75) is 0 Å². The second-order valence-electron chi connectivity index (χ2n) is 3.51. The molecule has 0 heterocycles. The molecule has 2 aromatic carbocycles. The predicted molar refractivity (Wildman–Crippen MR) is 71.2 cm³/mol. The Balaban J connectivity index is 2.23. The van der Waals surface area contributed by atoms with Crippen LogP contribution < -0.4 is 9.47 Å². The number of halogens is 2. The first kappa shape index (κ1) is 12.9. The minimum atomic E-state index is 0.0109. The largest absolute Gasteiger partial charge is 0.506 e. The second-order valence-corrected chi connectivity index (χ2v) is 4.33. The lowest BCUT2D eigenvalue weighted by Gasteiger charge is -2.08. The molecule has 0 fully saturated rings. The van der Waals surface area contributed by atoms with Gasteiger partial charge in [-0.1, -0.05) is 23.2 Å². The first-order valence-electron chi connectivity index (χ1n) is 5.10. The Morgan fingerprint density at radius 3 is 2.11 bits per heavy atom. The van der Waals surface area contributed by atoms with Crippen LogP contribution in [0.4, 0.5) is 0 Å². The lowest BCUT2D eigenvalue weighted by Crippen LogP contribution is -1.87. The van der Waals surface area contributed by atoms with E-state index in [9.17, 15) is 5.11 Å². The van der Waals surface area contributed by atoms with E-state index in [2.05, 4.69) is 0 Å². The zero-order chi connectivity index (χ0) is 13.1. The van der Waals surface area contributed by atoms with Gasteiger partial charge < -0.3 is 14.6 Å². The quantitative estimate of drug-likeness (QED) is 0.902. The van der Waals surface area contributed by atoms with Crippen LogP contribution in [-0.4, -0.2) is 12.2 Å². The minimum absolute atomic E-state index is 0.0109. The highest BCUT2D eigenvalue weighted by Crippen LogP contribution is 2.33. The topological polar surface area (TPSA) is 38.7 Å². The van der Waals surface area contributed by atoms with Crippen LogP contribution in [0.5, 0.6) is 23.0 Å². The molecule has 0 aliphatic heterocycles. The molecule has 2 rings (SSSR count). The maximum absolute atomic E-state index is 9.30. The van der Waals surface area contributed by atoms with Crippen molar-refractivity contribution in [3.8, 4) is 23.0 Å². The number of hydrogen-bond acceptors (Lipinski definition) is 3. The van der Waals surface area contributed by atoms with Gasteiger partial charge in [-0.25, -0.2) is 0 Å². The molecule has 1 N–H and O–H groups in total. The summed E-state index contributed by atoms with van der Waals surface area (Å²) in [6.07, 6.45) is 0. The van der Waals surface area contributed by atoms with Crippen LogP contribution in [0.2, 0.25) is 10.0 Å². The molecule has 5 heteroatoms. The van der Waals surface area contributed by atoms with Crippen LogP contribution in [0.15, 0.2) is 36.4 Å². The molecule has 0 saturated heterocycles. The molecule has 0 aromatic heterocycles. The summed E-state index contributed by atoms with van der Waals surface area (Å²) in [5, 5.41) is 9.98. The Hall–Kier alpha value is -1.58. The number of phenolic OH excluding ortho intramolecular Hbond substituents is 1. The molecule has 0 amide bonds. The molecule has 0 aliphatic rings. The van der Waals surface area contributed by atoms with Crippen LogP contribution in [0, 0.1) is 0 Å². The number of phenols is 1. The molecule has 0 atom stereocenters. The van der Waals surface area contributed by atoms with E-state index in [0.29, 0.717) is 22.3 Å². The first-order valence-corrected chi connectivity index (χ1v) is 5.85. The monoisotopic (exact) mass is 284 g/mol. The third kappa shape index (κ3) is 2.81. The fourth-order valence-corrected chi connectivity index (χ4v) is 1.82. The van der Waals surface area contributed by atoms with Gasteiger partial charge in [-0.3, -0.25) is 0 Å². The maximum Gasteiger partial charge on any atom is 0.137 e. The van der Waals surface area contributed by atoms with Crippen molar-refractivity contribution in [3.63, 3.8) is 0 Å². The molecule has 3 nitrogen and oxygen atoms in total. The second kappa shape index (κ2) is 5.38. The maximum atomic E-state index is 9.30. The number of aromatic hydroxyl groups is 1. The number of benzene rings is 2. The number of ether oxygens (including phenoxy) is 2. The molecule has 18 heavy (non-hydrogen) atoms. The highest BCUT2D eigenvalue weighted by Gasteiger charge is 2.05. The number of hydrogen-bond donors (Lipinski definition) is 1. The SMILES string of the molecule is COc1ccc(Oc2ccc(O)c(Cl)c2)cc1Cl. The highest BCUT2D eigenvalue weighted by atomic mass is 35.5. The van der Waals surface area contributed by atoms with Gasteiger partial charge in [0.1, 0.15) is 23.0 Å². The summed E-state index contributed by atoms with van der Waals surface area (Å²) in [6, 6.07) is 9.67. The highest BCUT2D eigenvalue weighted by molar-refractivity contribution is 6.32. The van der Waals surface area contributed by atoms with Crippen molar-refractivity contribution in [1.29, 1.82) is 0 Å². The van der Waals surface area contributed by atoms with Crippen LogP contribution in [0.25, 0.3) is 0 Å². The van der Waals surface area contributed by atoms with Crippen LogP contribution in [0.1, 0.15) is 0 Å². The molecule has 0 radical (unpaired) electrons. The van der Waals surface area contributed by atoms with Gasteiger partial charge >= 0.3 is 0 Å². The van der Waals surface area contributed by atoms with Crippen molar-refractivity contribution in [2.75, 3.05) is 7.11 Å². The minimum Gasteiger partial charge on any atom is -0.506 e. The summed E-state index contributed by atoms with van der Waals surface area (Å²) in [7, 11) is 1.54. The van der Waals surface area contributed by atoms with Gasteiger partial charge in [0.25, 0.3) is 0 Å². The van der Waals surface area contributed by atoms with E-state index < -0.39 is 0 Å². The molecule has 0 saturated carbocycles. The average Bonchev–Trinajstić information content (AvgIpc) is 2.34. The molecule has 0 spiro atoms. The summed E-state index contributed by atoms with van der Waals surface area (Å²) in [5.41, 5.74) is 0. The van der Waals surface area contributed by atoms with Crippen molar-refractivity contribution < 1.29 is 14.6 Å². The van der Waals surface area contributed by atoms with Crippen LogP contribution >= 0.6 is 23.2 Å². The summed E-state index contributed by atoms with van der Waals surface area (Å²) in [6.45, 7) is 0. The fourth-order valence-electron chi connectivity index (χ4n) is 1.40. The standard InChI is InChI=1S/C13H10Cl2O3/c1-17-13-5-3-9(7-11(13)15)18-8-2-4-12(16)10(14)6-8/h2-7,16H,1H3.